The van der Waals surface area contributed by atoms with Crippen LogP contribution in [-0.2, 0) is 12.3 Å². The maximum absolute atomic E-state index is 8.85. The molecule has 0 spiro atoms. The van der Waals surface area contributed by atoms with Crippen LogP contribution in [0.1, 0.15) is 19.5 Å². The summed E-state index contributed by atoms with van der Waals surface area (Å²) in [5.74, 6) is 0.926. The zero-order valence-corrected chi connectivity index (χ0v) is 8.92. The van der Waals surface area contributed by atoms with Gasteiger partial charge < -0.3 is 9.67 Å². The molecule has 0 amide bonds. The van der Waals surface area contributed by atoms with Crippen LogP contribution >= 0.6 is 11.8 Å². The van der Waals surface area contributed by atoms with Crippen molar-refractivity contribution in [3.8, 4) is 0 Å². The van der Waals surface area contributed by atoms with Gasteiger partial charge in [0.2, 0.25) is 0 Å². The first-order chi connectivity index (χ1) is 6.27. The van der Waals surface area contributed by atoms with E-state index in [9.17, 15) is 0 Å². The van der Waals surface area contributed by atoms with Gasteiger partial charge in [-0.3, -0.25) is 0 Å². The lowest BCUT2D eigenvalue weighted by atomic mass is 10.5. The highest BCUT2D eigenvalue weighted by Gasteiger charge is 2.04. The Morgan fingerprint density at radius 3 is 3.08 bits per heavy atom. The monoisotopic (exact) mass is 200 g/mol. The van der Waals surface area contributed by atoms with Crippen molar-refractivity contribution in [2.75, 3.05) is 6.61 Å². The molecule has 0 aliphatic heterocycles. The van der Waals surface area contributed by atoms with Crippen LogP contribution in [0.25, 0.3) is 0 Å². The van der Waals surface area contributed by atoms with E-state index in [-0.39, 0.29) is 6.61 Å². The molecule has 13 heavy (non-hydrogen) atoms. The summed E-state index contributed by atoms with van der Waals surface area (Å²) in [6.45, 7) is 5.33. The summed E-state index contributed by atoms with van der Waals surface area (Å²) < 4.78 is 2.12. The number of thioether (sulfide) groups is 1. The molecule has 0 aliphatic rings. The summed E-state index contributed by atoms with van der Waals surface area (Å²) in [4.78, 5) is 4.08. The van der Waals surface area contributed by atoms with Crippen LogP contribution in [0.5, 0.6) is 0 Å². The summed E-state index contributed by atoms with van der Waals surface area (Å²) in [7, 11) is 0. The lowest BCUT2D eigenvalue weighted by Crippen LogP contribution is -2.04. The van der Waals surface area contributed by atoms with Gasteiger partial charge in [-0.15, -0.1) is 0 Å². The number of imidazole rings is 1. The highest BCUT2D eigenvalue weighted by atomic mass is 32.2. The molecule has 4 heteroatoms. The van der Waals surface area contributed by atoms with Crippen LogP contribution in [0.15, 0.2) is 12.5 Å². The van der Waals surface area contributed by atoms with E-state index in [1.807, 2.05) is 19.4 Å². The zero-order chi connectivity index (χ0) is 9.68. The standard InChI is InChI=1S/C9H16N2OS/c1-3-11-7-10-4-9(11)6-13-8(2)5-12/h4,7-8,12H,3,5-6H2,1-2H3. The van der Waals surface area contributed by atoms with Gasteiger partial charge in [0.1, 0.15) is 0 Å². The molecular weight excluding hydrogens is 184 g/mol. The molecule has 0 aliphatic carbocycles. The number of aromatic nitrogens is 2. The largest absolute Gasteiger partial charge is 0.395 e. The first-order valence-electron chi connectivity index (χ1n) is 4.49. The molecule has 1 atom stereocenters. The number of nitrogens with zero attached hydrogens (tertiary/aromatic N) is 2. The van der Waals surface area contributed by atoms with E-state index in [1.54, 1.807) is 11.8 Å². The summed E-state index contributed by atoms with van der Waals surface area (Å²) >= 11 is 1.75. The van der Waals surface area contributed by atoms with Crippen LogP contribution in [0.3, 0.4) is 0 Å². The quantitative estimate of drug-likeness (QED) is 0.783. The van der Waals surface area contributed by atoms with E-state index >= 15 is 0 Å². The summed E-state index contributed by atoms with van der Waals surface area (Å²) in [6, 6.07) is 0. The highest BCUT2D eigenvalue weighted by Crippen LogP contribution is 2.16. The molecule has 3 nitrogen and oxygen atoms in total. The fraction of sp³-hybridized carbons (Fsp3) is 0.667. The highest BCUT2D eigenvalue weighted by molar-refractivity contribution is 7.99. The van der Waals surface area contributed by atoms with Gasteiger partial charge in [0.25, 0.3) is 0 Å². The Balaban J connectivity index is 2.44. The van der Waals surface area contributed by atoms with E-state index in [0.717, 1.165) is 12.3 Å². The van der Waals surface area contributed by atoms with Crippen molar-refractivity contribution in [2.45, 2.75) is 31.4 Å². The molecule has 0 fully saturated rings. The number of aryl methyl sites for hydroxylation is 1. The van der Waals surface area contributed by atoms with Crippen molar-refractivity contribution in [2.24, 2.45) is 0 Å². The predicted octanol–water partition coefficient (Wildman–Crippen LogP) is 1.52. The maximum atomic E-state index is 8.85. The van der Waals surface area contributed by atoms with E-state index in [1.165, 1.54) is 5.69 Å². The second-order valence-electron chi connectivity index (χ2n) is 2.98. The average Bonchev–Trinajstić information content (AvgIpc) is 2.61. The van der Waals surface area contributed by atoms with Gasteiger partial charge >= 0.3 is 0 Å². The molecule has 0 bridgehead atoms. The Morgan fingerprint density at radius 1 is 1.69 bits per heavy atom. The van der Waals surface area contributed by atoms with Crippen LogP contribution in [-0.4, -0.2) is 26.5 Å². The fourth-order valence-electron chi connectivity index (χ4n) is 1.03. The number of aliphatic hydroxyl groups is 1. The Hall–Kier alpha value is -0.480. The second-order valence-corrected chi connectivity index (χ2v) is 4.40. The van der Waals surface area contributed by atoms with E-state index in [2.05, 4.69) is 16.5 Å². The average molecular weight is 200 g/mol. The van der Waals surface area contributed by atoms with Gasteiger partial charge in [0.05, 0.1) is 12.9 Å². The summed E-state index contributed by atoms with van der Waals surface area (Å²) in [5.41, 5.74) is 1.23. The van der Waals surface area contributed by atoms with Crippen LogP contribution in [0.4, 0.5) is 0 Å². The minimum absolute atomic E-state index is 0.241. The number of aliphatic hydroxyl groups excluding tert-OH is 1. The smallest absolute Gasteiger partial charge is 0.0948 e. The minimum Gasteiger partial charge on any atom is -0.395 e. The molecule has 74 valence electrons. The van der Waals surface area contributed by atoms with Gasteiger partial charge in [0.15, 0.2) is 0 Å². The van der Waals surface area contributed by atoms with E-state index < -0.39 is 0 Å². The normalized spacial score (nSPS) is 13.2. The third kappa shape index (κ3) is 3.04. The first-order valence-corrected chi connectivity index (χ1v) is 5.54. The molecule has 1 N–H and O–H groups in total. The van der Waals surface area contributed by atoms with Gasteiger partial charge in [-0.1, -0.05) is 6.92 Å². The molecule has 1 aromatic rings. The van der Waals surface area contributed by atoms with Gasteiger partial charge in [0, 0.05) is 29.4 Å². The van der Waals surface area contributed by atoms with Gasteiger partial charge in [-0.25, -0.2) is 4.98 Å². The number of rotatable bonds is 5. The van der Waals surface area contributed by atoms with Crippen molar-refractivity contribution in [3.63, 3.8) is 0 Å². The van der Waals surface area contributed by atoms with Crippen molar-refractivity contribution < 1.29 is 5.11 Å². The molecular formula is C9H16N2OS. The maximum Gasteiger partial charge on any atom is 0.0948 e. The van der Waals surface area contributed by atoms with Gasteiger partial charge in [-0.2, -0.15) is 11.8 Å². The summed E-state index contributed by atoms with van der Waals surface area (Å²) in [5, 5.41) is 9.15. The van der Waals surface area contributed by atoms with Crippen molar-refractivity contribution in [1.82, 2.24) is 9.55 Å². The van der Waals surface area contributed by atoms with Crippen molar-refractivity contribution in [1.29, 1.82) is 0 Å². The van der Waals surface area contributed by atoms with Crippen LogP contribution in [0.2, 0.25) is 0 Å². The molecule has 0 saturated heterocycles. The van der Waals surface area contributed by atoms with Crippen LogP contribution in [0, 0.1) is 0 Å². The Kier molecular flexibility index (Phi) is 4.32. The van der Waals surface area contributed by atoms with E-state index in [0.29, 0.717) is 5.25 Å². The molecule has 1 aromatic heterocycles. The lowest BCUT2D eigenvalue weighted by Gasteiger charge is -2.08. The molecule has 0 aromatic carbocycles. The number of hydrogen-bond acceptors (Lipinski definition) is 3. The Labute approximate surface area is 83.2 Å². The number of hydrogen-bond donors (Lipinski definition) is 1. The zero-order valence-electron chi connectivity index (χ0n) is 8.10. The van der Waals surface area contributed by atoms with Crippen LogP contribution < -0.4 is 0 Å². The lowest BCUT2D eigenvalue weighted by molar-refractivity contribution is 0.300. The third-order valence-electron chi connectivity index (χ3n) is 1.91. The second kappa shape index (κ2) is 5.29. The molecule has 0 saturated carbocycles. The molecule has 0 radical (unpaired) electrons. The minimum atomic E-state index is 0.241. The van der Waals surface area contributed by atoms with E-state index in [4.69, 9.17) is 5.11 Å². The van der Waals surface area contributed by atoms with Gasteiger partial charge in [-0.05, 0) is 6.92 Å². The third-order valence-corrected chi connectivity index (χ3v) is 3.09. The SMILES string of the molecule is CCn1cncc1CSC(C)CO. The first kappa shape index (κ1) is 10.6. The Morgan fingerprint density at radius 2 is 2.46 bits per heavy atom. The molecule has 1 unspecified atom stereocenters. The fourth-order valence-corrected chi connectivity index (χ4v) is 1.83. The molecule has 1 heterocycles. The van der Waals surface area contributed by atoms with Crippen molar-refractivity contribution in [3.05, 3.63) is 18.2 Å². The topological polar surface area (TPSA) is 38.0 Å². The summed E-state index contributed by atoms with van der Waals surface area (Å²) in [6.07, 6.45) is 3.74. The Bertz CT molecular complexity index is 250. The van der Waals surface area contributed by atoms with Crippen molar-refractivity contribution >= 4 is 11.8 Å². The predicted molar refractivity (Wildman–Crippen MR) is 55.7 cm³/mol. The molecule has 1 rings (SSSR count).